The Hall–Kier alpha value is -1.80. The zero-order valence-electron chi connectivity index (χ0n) is 12.2. The molecule has 1 amide bonds. The lowest BCUT2D eigenvalue weighted by Crippen LogP contribution is -2.37. The molecule has 2 N–H and O–H groups in total. The first-order valence-electron chi connectivity index (χ1n) is 6.90. The summed E-state index contributed by atoms with van der Waals surface area (Å²) < 4.78 is 43.8. The van der Waals surface area contributed by atoms with E-state index in [4.69, 9.17) is 4.74 Å². The van der Waals surface area contributed by atoms with E-state index in [1.807, 2.05) is 4.90 Å². The normalized spacial score (nSPS) is 15.7. The summed E-state index contributed by atoms with van der Waals surface area (Å²) >= 11 is 0. The highest BCUT2D eigenvalue weighted by Gasteiger charge is 2.31. The molecule has 2 rings (SSSR count). The highest BCUT2D eigenvalue weighted by atomic mass is 19.4. The summed E-state index contributed by atoms with van der Waals surface area (Å²) in [4.78, 5) is 13.6. The number of carbonyl (C=O) groups excluding carboxylic acids is 1. The number of alkyl halides is 3. The van der Waals surface area contributed by atoms with Crippen molar-refractivity contribution in [3.05, 3.63) is 23.8 Å². The summed E-state index contributed by atoms with van der Waals surface area (Å²) in [6, 6.07) is 3.39. The number of amides is 1. The molecule has 0 atom stereocenters. The van der Waals surface area contributed by atoms with Crippen LogP contribution in [0.5, 0.6) is 0 Å². The first kappa shape index (κ1) is 16.6. The lowest BCUT2D eigenvalue weighted by Gasteiger charge is -2.31. The molecule has 1 saturated heterocycles. The lowest BCUT2D eigenvalue weighted by molar-refractivity contribution is -0.137. The van der Waals surface area contributed by atoms with Crippen molar-refractivity contribution in [3.8, 4) is 0 Å². The molecule has 0 unspecified atom stereocenters. The van der Waals surface area contributed by atoms with Gasteiger partial charge in [0.05, 0.1) is 36.7 Å². The molecule has 0 aliphatic carbocycles. The molecule has 8 heteroatoms. The largest absolute Gasteiger partial charge is 0.416 e. The Morgan fingerprint density at radius 3 is 2.59 bits per heavy atom. The van der Waals surface area contributed by atoms with Crippen molar-refractivity contribution in [1.29, 1.82) is 0 Å². The van der Waals surface area contributed by atoms with Crippen LogP contribution in [0, 0.1) is 0 Å². The molecule has 0 spiro atoms. The third-order valence-corrected chi connectivity index (χ3v) is 3.29. The smallest absolute Gasteiger partial charge is 0.378 e. The van der Waals surface area contributed by atoms with Gasteiger partial charge in [-0.2, -0.15) is 13.2 Å². The topological polar surface area (TPSA) is 53.6 Å². The number of hydrogen-bond donors (Lipinski definition) is 2. The second-order valence-corrected chi connectivity index (χ2v) is 4.91. The molecule has 1 aromatic carbocycles. The fraction of sp³-hybridized carbons (Fsp3) is 0.500. The zero-order valence-corrected chi connectivity index (χ0v) is 12.2. The predicted octanol–water partition coefficient (Wildman–Crippen LogP) is 1.70. The molecular formula is C14H18F3N3O2. The lowest BCUT2D eigenvalue weighted by atomic mass is 10.1. The summed E-state index contributed by atoms with van der Waals surface area (Å²) in [5, 5.41) is 5.20. The van der Waals surface area contributed by atoms with Crippen LogP contribution >= 0.6 is 0 Å². The van der Waals surface area contributed by atoms with E-state index in [1.54, 1.807) is 7.05 Å². The maximum Gasteiger partial charge on any atom is 0.416 e. The van der Waals surface area contributed by atoms with Crippen molar-refractivity contribution >= 4 is 17.3 Å². The summed E-state index contributed by atoms with van der Waals surface area (Å²) in [6.07, 6.45) is -4.45. The molecule has 0 saturated carbocycles. The van der Waals surface area contributed by atoms with Gasteiger partial charge >= 0.3 is 6.18 Å². The van der Waals surface area contributed by atoms with E-state index < -0.39 is 17.6 Å². The number of benzene rings is 1. The average molecular weight is 317 g/mol. The van der Waals surface area contributed by atoms with Gasteiger partial charge in [-0.1, -0.05) is 0 Å². The van der Waals surface area contributed by atoms with Crippen molar-refractivity contribution in [1.82, 2.24) is 5.32 Å². The Kier molecular flexibility index (Phi) is 5.25. The van der Waals surface area contributed by atoms with Crippen LogP contribution in [0.3, 0.4) is 0 Å². The highest BCUT2D eigenvalue weighted by molar-refractivity contribution is 5.95. The maximum absolute atomic E-state index is 12.9. The van der Waals surface area contributed by atoms with E-state index >= 15 is 0 Å². The second-order valence-electron chi connectivity index (χ2n) is 4.91. The minimum absolute atomic E-state index is 0.0266. The Morgan fingerprint density at radius 1 is 1.32 bits per heavy atom. The number of carbonyl (C=O) groups is 1. The summed E-state index contributed by atoms with van der Waals surface area (Å²) in [7, 11) is 1.59. The van der Waals surface area contributed by atoms with E-state index in [9.17, 15) is 18.0 Å². The molecule has 5 nitrogen and oxygen atoms in total. The van der Waals surface area contributed by atoms with Crippen LogP contribution in [0.2, 0.25) is 0 Å². The third-order valence-electron chi connectivity index (χ3n) is 3.29. The third kappa shape index (κ3) is 4.11. The number of halogens is 3. The monoisotopic (exact) mass is 317 g/mol. The second kappa shape index (κ2) is 6.97. The predicted molar refractivity (Wildman–Crippen MR) is 77.0 cm³/mol. The highest BCUT2D eigenvalue weighted by Crippen LogP contribution is 2.35. The number of rotatable bonds is 4. The standard InChI is InChI=1S/C14H18F3N3O2/c1-18-9-13(21)19-11-8-10(14(15,16)17)2-3-12(11)20-4-6-22-7-5-20/h2-3,8,18H,4-7,9H2,1H3,(H,19,21). The Balaban J connectivity index is 2.32. The van der Waals surface area contributed by atoms with Crippen molar-refractivity contribution in [2.75, 3.05) is 50.1 Å². The SMILES string of the molecule is CNCC(=O)Nc1cc(C(F)(F)F)ccc1N1CCOCC1. The number of anilines is 2. The minimum atomic E-state index is -4.45. The van der Waals surface area contributed by atoms with Gasteiger partial charge in [-0.05, 0) is 25.2 Å². The zero-order chi connectivity index (χ0) is 16.2. The number of morpholine rings is 1. The first-order chi connectivity index (χ1) is 10.4. The van der Waals surface area contributed by atoms with Gasteiger partial charge in [-0.3, -0.25) is 4.79 Å². The number of ether oxygens (including phenoxy) is 1. The van der Waals surface area contributed by atoms with Crippen molar-refractivity contribution in [3.63, 3.8) is 0 Å². The molecule has 1 aliphatic rings. The average Bonchev–Trinajstić information content (AvgIpc) is 2.47. The Morgan fingerprint density at radius 2 is 2.00 bits per heavy atom. The van der Waals surface area contributed by atoms with Crippen LogP contribution in [-0.2, 0) is 15.7 Å². The molecule has 1 fully saturated rings. The minimum Gasteiger partial charge on any atom is -0.378 e. The number of hydrogen-bond acceptors (Lipinski definition) is 4. The van der Waals surface area contributed by atoms with E-state index in [2.05, 4.69) is 10.6 Å². The summed E-state index contributed by atoms with van der Waals surface area (Å²) in [5.74, 6) is -0.392. The molecule has 122 valence electrons. The van der Waals surface area contributed by atoms with Crippen LogP contribution in [0.4, 0.5) is 24.5 Å². The Labute approximate surface area is 126 Å². The van der Waals surface area contributed by atoms with Crippen LogP contribution in [0.25, 0.3) is 0 Å². The molecule has 0 aromatic heterocycles. The van der Waals surface area contributed by atoms with Crippen molar-refractivity contribution in [2.24, 2.45) is 0 Å². The molecule has 1 aromatic rings. The van der Waals surface area contributed by atoms with E-state index in [1.165, 1.54) is 6.07 Å². The van der Waals surface area contributed by atoms with Gasteiger partial charge in [0.1, 0.15) is 0 Å². The number of nitrogens with zero attached hydrogens (tertiary/aromatic N) is 1. The molecule has 1 aliphatic heterocycles. The molecule has 0 bridgehead atoms. The molecule has 0 radical (unpaired) electrons. The fourth-order valence-electron chi connectivity index (χ4n) is 2.25. The van der Waals surface area contributed by atoms with Gasteiger partial charge < -0.3 is 20.3 Å². The summed E-state index contributed by atoms with van der Waals surface area (Å²) in [5.41, 5.74) is -0.0537. The molecular weight excluding hydrogens is 299 g/mol. The van der Waals surface area contributed by atoms with E-state index in [0.29, 0.717) is 32.0 Å². The van der Waals surface area contributed by atoms with Crippen LogP contribution in [0.15, 0.2) is 18.2 Å². The van der Waals surface area contributed by atoms with Crippen molar-refractivity contribution in [2.45, 2.75) is 6.18 Å². The van der Waals surface area contributed by atoms with Crippen LogP contribution in [-0.4, -0.2) is 45.8 Å². The number of nitrogens with one attached hydrogen (secondary N) is 2. The fourth-order valence-corrected chi connectivity index (χ4v) is 2.25. The van der Waals surface area contributed by atoms with Gasteiger partial charge in [0, 0.05) is 13.1 Å². The van der Waals surface area contributed by atoms with Crippen LogP contribution in [0.1, 0.15) is 5.56 Å². The van der Waals surface area contributed by atoms with Gasteiger partial charge in [-0.15, -0.1) is 0 Å². The molecule has 1 heterocycles. The van der Waals surface area contributed by atoms with E-state index in [0.717, 1.165) is 12.1 Å². The Bertz CT molecular complexity index is 529. The quantitative estimate of drug-likeness (QED) is 0.887. The van der Waals surface area contributed by atoms with E-state index in [-0.39, 0.29) is 12.2 Å². The molecule has 22 heavy (non-hydrogen) atoms. The van der Waals surface area contributed by atoms with Gasteiger partial charge in [-0.25, -0.2) is 0 Å². The van der Waals surface area contributed by atoms with Gasteiger partial charge in [0.2, 0.25) is 5.91 Å². The first-order valence-corrected chi connectivity index (χ1v) is 6.90. The summed E-state index contributed by atoms with van der Waals surface area (Å²) in [6.45, 7) is 2.18. The van der Waals surface area contributed by atoms with Crippen molar-refractivity contribution < 1.29 is 22.7 Å². The maximum atomic E-state index is 12.9. The number of likely N-dealkylation sites (N-methyl/N-ethyl adjacent to an activating group) is 1. The van der Waals surface area contributed by atoms with Gasteiger partial charge in [0.25, 0.3) is 0 Å². The van der Waals surface area contributed by atoms with Crippen LogP contribution < -0.4 is 15.5 Å². The van der Waals surface area contributed by atoms with Gasteiger partial charge in [0.15, 0.2) is 0 Å².